The Morgan fingerprint density at radius 3 is 1.59 bits per heavy atom. The zero-order valence-electron chi connectivity index (χ0n) is 12.2. The summed E-state index contributed by atoms with van der Waals surface area (Å²) >= 11 is 0. The average molecular weight is 298 g/mol. The predicted molar refractivity (Wildman–Crippen MR) is 81.4 cm³/mol. The van der Waals surface area contributed by atoms with Gasteiger partial charge in [0, 0.05) is 25.2 Å². The Hall–Kier alpha value is -2.76. The van der Waals surface area contributed by atoms with Crippen LogP contribution in [-0.2, 0) is 22.7 Å². The van der Waals surface area contributed by atoms with Crippen LogP contribution in [0.4, 0.5) is 0 Å². The van der Waals surface area contributed by atoms with Gasteiger partial charge < -0.3 is 10.6 Å². The van der Waals surface area contributed by atoms with Crippen molar-refractivity contribution in [1.82, 2.24) is 20.6 Å². The van der Waals surface area contributed by atoms with E-state index in [4.69, 9.17) is 0 Å². The molecule has 2 aromatic rings. The minimum atomic E-state index is -0.168. The van der Waals surface area contributed by atoms with Gasteiger partial charge in [0.1, 0.15) is 0 Å². The lowest BCUT2D eigenvalue weighted by Gasteiger charge is -2.06. The Kier molecular flexibility index (Phi) is 6.04. The molecule has 6 heteroatoms. The summed E-state index contributed by atoms with van der Waals surface area (Å²) in [6, 6.07) is 11.0. The molecule has 0 aromatic carbocycles. The zero-order valence-corrected chi connectivity index (χ0v) is 12.2. The molecule has 0 aliphatic heterocycles. The molecule has 0 aliphatic carbocycles. The molecule has 0 atom stereocenters. The molecule has 0 spiro atoms. The molecule has 2 N–H and O–H groups in total. The number of carbonyl (C=O) groups excluding carboxylic acids is 2. The smallest absolute Gasteiger partial charge is 0.220 e. The Labute approximate surface area is 129 Å². The lowest BCUT2D eigenvalue weighted by molar-refractivity contribution is -0.126. The second-order valence-corrected chi connectivity index (χ2v) is 4.70. The number of nitrogens with zero attached hydrogens (tertiary/aromatic N) is 2. The largest absolute Gasteiger partial charge is 0.350 e. The summed E-state index contributed by atoms with van der Waals surface area (Å²) in [7, 11) is 0. The third-order valence-corrected chi connectivity index (χ3v) is 2.96. The summed E-state index contributed by atoms with van der Waals surface area (Å²) in [6.07, 6.45) is 3.65. The predicted octanol–water partition coefficient (Wildman–Crippen LogP) is 1.19. The highest BCUT2D eigenvalue weighted by Crippen LogP contribution is 1.96. The average Bonchev–Trinajstić information content (AvgIpc) is 2.58. The number of hydrogen-bond donors (Lipinski definition) is 2. The van der Waals surface area contributed by atoms with E-state index in [9.17, 15) is 9.59 Å². The monoisotopic (exact) mass is 298 g/mol. The molecule has 0 unspecified atom stereocenters. The van der Waals surface area contributed by atoms with Crippen LogP contribution in [-0.4, -0.2) is 21.8 Å². The van der Waals surface area contributed by atoms with Crippen LogP contribution >= 0.6 is 0 Å². The Morgan fingerprint density at radius 1 is 0.773 bits per heavy atom. The molecule has 2 heterocycles. The van der Waals surface area contributed by atoms with Gasteiger partial charge in [-0.2, -0.15) is 0 Å². The maximum Gasteiger partial charge on any atom is 0.220 e. The number of amides is 2. The van der Waals surface area contributed by atoms with Crippen LogP contribution in [0.5, 0.6) is 0 Å². The Morgan fingerprint density at radius 2 is 1.23 bits per heavy atom. The fourth-order valence-corrected chi connectivity index (χ4v) is 1.79. The molecule has 0 bridgehead atoms. The van der Waals surface area contributed by atoms with E-state index in [1.807, 2.05) is 36.4 Å². The molecule has 0 aliphatic rings. The van der Waals surface area contributed by atoms with Crippen molar-refractivity contribution in [3.8, 4) is 0 Å². The normalized spacial score (nSPS) is 10.0. The van der Waals surface area contributed by atoms with E-state index in [-0.39, 0.29) is 24.7 Å². The van der Waals surface area contributed by atoms with Gasteiger partial charge in [0.25, 0.3) is 0 Å². The quantitative estimate of drug-likeness (QED) is 0.804. The first-order valence-corrected chi connectivity index (χ1v) is 7.07. The molecule has 2 rings (SSSR count). The molecule has 22 heavy (non-hydrogen) atoms. The van der Waals surface area contributed by atoms with Crippen LogP contribution in [0.25, 0.3) is 0 Å². The fraction of sp³-hybridized carbons (Fsp3) is 0.250. The van der Waals surface area contributed by atoms with Gasteiger partial charge in [-0.05, 0) is 24.3 Å². The third-order valence-electron chi connectivity index (χ3n) is 2.96. The summed E-state index contributed by atoms with van der Waals surface area (Å²) in [5.41, 5.74) is 1.57. The highest BCUT2D eigenvalue weighted by Gasteiger charge is 2.07. The van der Waals surface area contributed by atoms with Crippen LogP contribution < -0.4 is 10.6 Å². The first-order chi connectivity index (χ1) is 10.7. The Balaban J connectivity index is 1.62. The molecular weight excluding hydrogens is 280 g/mol. The maximum absolute atomic E-state index is 11.7. The molecule has 0 saturated carbocycles. The van der Waals surface area contributed by atoms with E-state index in [1.54, 1.807) is 12.4 Å². The van der Waals surface area contributed by atoms with Crippen LogP contribution in [0.1, 0.15) is 24.2 Å². The number of pyridine rings is 2. The van der Waals surface area contributed by atoms with E-state index in [2.05, 4.69) is 20.6 Å². The van der Waals surface area contributed by atoms with E-state index in [0.717, 1.165) is 11.4 Å². The second-order valence-electron chi connectivity index (χ2n) is 4.70. The number of rotatable bonds is 7. The van der Waals surface area contributed by atoms with Crippen molar-refractivity contribution in [3.05, 3.63) is 60.2 Å². The number of hydrogen-bond acceptors (Lipinski definition) is 4. The standard InChI is InChI=1S/C16H18N4O2/c21-15(19-11-13-5-1-3-9-17-13)7-8-16(22)20-12-14-6-2-4-10-18-14/h1-6,9-10H,7-8,11-12H2,(H,19,21)(H,20,22). The summed E-state index contributed by atoms with van der Waals surface area (Å²) in [5, 5.41) is 5.47. The minimum absolute atomic E-state index is 0.154. The fourth-order valence-electron chi connectivity index (χ4n) is 1.79. The van der Waals surface area contributed by atoms with Gasteiger partial charge >= 0.3 is 0 Å². The molecule has 0 fully saturated rings. The topological polar surface area (TPSA) is 84.0 Å². The number of carbonyl (C=O) groups is 2. The van der Waals surface area contributed by atoms with Crippen molar-refractivity contribution in [3.63, 3.8) is 0 Å². The van der Waals surface area contributed by atoms with Gasteiger partial charge in [0.15, 0.2) is 0 Å². The molecule has 114 valence electrons. The lowest BCUT2D eigenvalue weighted by atomic mass is 10.2. The van der Waals surface area contributed by atoms with Crippen LogP contribution in [0.2, 0.25) is 0 Å². The first-order valence-electron chi connectivity index (χ1n) is 7.07. The van der Waals surface area contributed by atoms with E-state index in [0.29, 0.717) is 13.1 Å². The highest BCUT2D eigenvalue weighted by atomic mass is 16.2. The highest BCUT2D eigenvalue weighted by molar-refractivity contribution is 5.83. The van der Waals surface area contributed by atoms with Crippen molar-refractivity contribution in [2.75, 3.05) is 0 Å². The van der Waals surface area contributed by atoms with E-state index < -0.39 is 0 Å². The van der Waals surface area contributed by atoms with Gasteiger partial charge in [0.2, 0.25) is 11.8 Å². The molecule has 6 nitrogen and oxygen atoms in total. The zero-order chi connectivity index (χ0) is 15.6. The number of nitrogens with one attached hydrogen (secondary N) is 2. The van der Waals surface area contributed by atoms with Crippen molar-refractivity contribution in [2.24, 2.45) is 0 Å². The first kappa shape index (κ1) is 15.6. The summed E-state index contributed by atoms with van der Waals surface area (Å²) in [6.45, 7) is 0.741. The molecule has 0 saturated heterocycles. The molecule has 2 amide bonds. The maximum atomic E-state index is 11.7. The van der Waals surface area contributed by atoms with Gasteiger partial charge in [0.05, 0.1) is 24.5 Å². The summed E-state index contributed by atoms with van der Waals surface area (Å²) in [4.78, 5) is 31.5. The summed E-state index contributed by atoms with van der Waals surface area (Å²) < 4.78 is 0. The van der Waals surface area contributed by atoms with Gasteiger partial charge in [-0.3, -0.25) is 19.6 Å². The van der Waals surface area contributed by atoms with Crippen LogP contribution in [0, 0.1) is 0 Å². The van der Waals surface area contributed by atoms with Crippen molar-refractivity contribution in [2.45, 2.75) is 25.9 Å². The second kappa shape index (κ2) is 8.51. The van der Waals surface area contributed by atoms with Crippen molar-refractivity contribution in [1.29, 1.82) is 0 Å². The molecular formula is C16H18N4O2. The molecule has 0 radical (unpaired) electrons. The summed E-state index contributed by atoms with van der Waals surface area (Å²) in [5.74, 6) is -0.336. The van der Waals surface area contributed by atoms with Crippen molar-refractivity contribution >= 4 is 11.8 Å². The molecule has 2 aromatic heterocycles. The van der Waals surface area contributed by atoms with Gasteiger partial charge in [-0.15, -0.1) is 0 Å². The van der Waals surface area contributed by atoms with Crippen LogP contribution in [0.3, 0.4) is 0 Å². The van der Waals surface area contributed by atoms with Gasteiger partial charge in [-0.1, -0.05) is 12.1 Å². The SMILES string of the molecule is O=C(CCC(=O)NCc1ccccn1)NCc1ccccn1. The third kappa shape index (κ3) is 5.70. The van der Waals surface area contributed by atoms with E-state index in [1.165, 1.54) is 0 Å². The van der Waals surface area contributed by atoms with E-state index >= 15 is 0 Å². The van der Waals surface area contributed by atoms with Crippen molar-refractivity contribution < 1.29 is 9.59 Å². The minimum Gasteiger partial charge on any atom is -0.350 e. The number of aromatic nitrogens is 2. The Bertz CT molecular complexity index is 547. The van der Waals surface area contributed by atoms with Gasteiger partial charge in [-0.25, -0.2) is 0 Å². The van der Waals surface area contributed by atoms with Crippen LogP contribution in [0.15, 0.2) is 48.8 Å². The lowest BCUT2D eigenvalue weighted by Crippen LogP contribution is -2.27.